The molecular formula is C20H26N4O2. The van der Waals surface area contributed by atoms with Crippen molar-refractivity contribution in [2.75, 3.05) is 26.3 Å². The highest BCUT2D eigenvalue weighted by atomic mass is 16.5. The van der Waals surface area contributed by atoms with Gasteiger partial charge in [-0.1, -0.05) is 0 Å². The molecule has 26 heavy (non-hydrogen) atoms. The van der Waals surface area contributed by atoms with E-state index >= 15 is 0 Å². The van der Waals surface area contributed by atoms with Gasteiger partial charge in [-0.2, -0.15) is 0 Å². The van der Waals surface area contributed by atoms with Gasteiger partial charge in [0.05, 0.1) is 12.5 Å². The molecule has 0 aliphatic carbocycles. The number of piperidine rings is 1. The van der Waals surface area contributed by atoms with Crippen LogP contribution in [0, 0.1) is 18.8 Å². The van der Waals surface area contributed by atoms with E-state index in [-0.39, 0.29) is 11.8 Å². The lowest BCUT2D eigenvalue weighted by Gasteiger charge is -2.34. The molecular weight excluding hydrogens is 328 g/mol. The summed E-state index contributed by atoms with van der Waals surface area (Å²) in [6.45, 7) is 6.09. The summed E-state index contributed by atoms with van der Waals surface area (Å²) in [5, 5.41) is 0. The van der Waals surface area contributed by atoms with E-state index in [0.29, 0.717) is 12.5 Å². The molecule has 0 saturated carbocycles. The van der Waals surface area contributed by atoms with E-state index in [1.807, 2.05) is 23.4 Å². The van der Waals surface area contributed by atoms with Crippen LogP contribution in [0.3, 0.4) is 0 Å². The van der Waals surface area contributed by atoms with Crippen molar-refractivity contribution in [2.24, 2.45) is 11.8 Å². The Morgan fingerprint density at radius 2 is 2.12 bits per heavy atom. The number of aromatic nitrogens is 3. The van der Waals surface area contributed by atoms with Crippen molar-refractivity contribution in [3.63, 3.8) is 0 Å². The molecule has 1 atom stereocenters. The molecule has 6 heteroatoms. The Balaban J connectivity index is 1.39. The molecule has 2 aliphatic heterocycles. The third-order valence-electron chi connectivity index (χ3n) is 5.62. The van der Waals surface area contributed by atoms with Gasteiger partial charge in [0.25, 0.3) is 0 Å². The first-order valence-electron chi connectivity index (χ1n) is 9.51. The fourth-order valence-electron chi connectivity index (χ4n) is 4.00. The third-order valence-corrected chi connectivity index (χ3v) is 5.62. The number of ether oxygens (including phenoxy) is 1. The van der Waals surface area contributed by atoms with Gasteiger partial charge in [0.15, 0.2) is 0 Å². The summed E-state index contributed by atoms with van der Waals surface area (Å²) in [6.07, 6.45) is 8.55. The minimum atomic E-state index is 0.0830. The van der Waals surface area contributed by atoms with E-state index in [9.17, 15) is 4.79 Å². The number of amides is 1. The lowest BCUT2D eigenvalue weighted by Crippen LogP contribution is -2.42. The van der Waals surface area contributed by atoms with E-state index in [0.717, 1.165) is 56.9 Å². The zero-order chi connectivity index (χ0) is 17.9. The maximum absolute atomic E-state index is 12.5. The Bertz CT molecular complexity index is 744. The summed E-state index contributed by atoms with van der Waals surface area (Å²) in [4.78, 5) is 23.4. The van der Waals surface area contributed by atoms with Gasteiger partial charge in [0.1, 0.15) is 5.82 Å². The van der Waals surface area contributed by atoms with Gasteiger partial charge in [-0.25, -0.2) is 4.98 Å². The predicted molar refractivity (Wildman–Crippen MR) is 98.4 cm³/mol. The molecule has 1 amide bonds. The number of pyridine rings is 1. The van der Waals surface area contributed by atoms with Crippen LogP contribution in [0.2, 0.25) is 0 Å². The zero-order valence-electron chi connectivity index (χ0n) is 15.3. The van der Waals surface area contributed by atoms with Crippen molar-refractivity contribution in [1.82, 2.24) is 19.4 Å². The summed E-state index contributed by atoms with van der Waals surface area (Å²) in [5.41, 5.74) is 2.22. The van der Waals surface area contributed by atoms with E-state index in [2.05, 4.69) is 27.5 Å². The van der Waals surface area contributed by atoms with Crippen LogP contribution >= 0.6 is 0 Å². The van der Waals surface area contributed by atoms with Gasteiger partial charge in [0, 0.05) is 56.1 Å². The van der Waals surface area contributed by atoms with Crippen molar-refractivity contribution < 1.29 is 9.53 Å². The second kappa shape index (κ2) is 7.58. The SMILES string of the molecule is Cc1cnc(-c2cccnc2)n1CC1CCN(C(=O)C2CCOC2)CC1. The normalized spacial score (nSPS) is 21.3. The third kappa shape index (κ3) is 3.51. The molecule has 4 rings (SSSR count). The fourth-order valence-corrected chi connectivity index (χ4v) is 4.00. The number of aryl methyl sites for hydroxylation is 1. The van der Waals surface area contributed by atoms with E-state index in [1.54, 1.807) is 6.20 Å². The molecule has 2 aromatic heterocycles. The van der Waals surface area contributed by atoms with Crippen LogP contribution in [-0.2, 0) is 16.1 Å². The van der Waals surface area contributed by atoms with E-state index in [1.165, 1.54) is 5.69 Å². The van der Waals surface area contributed by atoms with Crippen molar-refractivity contribution in [1.29, 1.82) is 0 Å². The van der Waals surface area contributed by atoms with E-state index in [4.69, 9.17) is 4.74 Å². The average molecular weight is 354 g/mol. The number of nitrogens with zero attached hydrogens (tertiary/aromatic N) is 4. The molecule has 2 fully saturated rings. The largest absolute Gasteiger partial charge is 0.381 e. The Morgan fingerprint density at radius 3 is 2.81 bits per heavy atom. The van der Waals surface area contributed by atoms with E-state index < -0.39 is 0 Å². The number of carbonyl (C=O) groups is 1. The van der Waals surface area contributed by atoms with Gasteiger partial charge < -0.3 is 14.2 Å². The highest BCUT2D eigenvalue weighted by Crippen LogP contribution is 2.26. The molecule has 0 bridgehead atoms. The predicted octanol–water partition coefficient (Wildman–Crippen LogP) is 2.53. The molecule has 2 saturated heterocycles. The first-order chi connectivity index (χ1) is 12.7. The Morgan fingerprint density at radius 1 is 1.27 bits per heavy atom. The number of rotatable bonds is 4. The van der Waals surface area contributed by atoms with Gasteiger partial charge in [-0.15, -0.1) is 0 Å². The highest BCUT2D eigenvalue weighted by Gasteiger charge is 2.31. The second-order valence-electron chi connectivity index (χ2n) is 7.40. The lowest BCUT2D eigenvalue weighted by molar-refractivity contribution is -0.137. The standard InChI is InChI=1S/C20H26N4O2/c1-15-11-22-19(17-3-2-7-21-12-17)24(15)13-16-4-8-23(9-5-16)20(25)18-6-10-26-14-18/h2-3,7,11-12,16,18H,4-6,8-10,13-14H2,1H3. The van der Waals surface area contributed by atoms with Crippen LogP contribution in [0.4, 0.5) is 0 Å². The highest BCUT2D eigenvalue weighted by molar-refractivity contribution is 5.79. The quantitative estimate of drug-likeness (QED) is 0.846. The maximum Gasteiger partial charge on any atom is 0.228 e. The van der Waals surface area contributed by atoms with Crippen LogP contribution in [0.1, 0.15) is 25.0 Å². The van der Waals surface area contributed by atoms with Crippen LogP contribution in [-0.4, -0.2) is 51.6 Å². The van der Waals surface area contributed by atoms with Gasteiger partial charge in [-0.05, 0) is 44.2 Å². The number of imidazole rings is 1. The number of carbonyl (C=O) groups excluding carboxylic acids is 1. The summed E-state index contributed by atoms with van der Waals surface area (Å²) >= 11 is 0. The fraction of sp³-hybridized carbons (Fsp3) is 0.550. The van der Waals surface area contributed by atoms with Gasteiger partial charge in [0.2, 0.25) is 5.91 Å². The molecule has 2 aromatic rings. The average Bonchev–Trinajstić information content (AvgIpc) is 3.34. The summed E-state index contributed by atoms with van der Waals surface area (Å²) < 4.78 is 7.66. The van der Waals surface area contributed by atoms with Crippen molar-refractivity contribution in [3.05, 3.63) is 36.4 Å². The molecule has 138 valence electrons. The van der Waals surface area contributed by atoms with Crippen LogP contribution in [0.15, 0.2) is 30.7 Å². The maximum atomic E-state index is 12.5. The minimum absolute atomic E-state index is 0.0830. The monoisotopic (exact) mass is 354 g/mol. The Labute approximate surface area is 154 Å². The topological polar surface area (TPSA) is 60.2 Å². The minimum Gasteiger partial charge on any atom is -0.381 e. The summed E-state index contributed by atoms with van der Waals surface area (Å²) in [7, 11) is 0. The van der Waals surface area contributed by atoms with Crippen molar-refractivity contribution in [3.8, 4) is 11.4 Å². The molecule has 4 heterocycles. The number of likely N-dealkylation sites (tertiary alicyclic amines) is 1. The van der Waals surface area contributed by atoms with Crippen LogP contribution < -0.4 is 0 Å². The summed E-state index contributed by atoms with van der Waals surface area (Å²) in [5.74, 6) is 1.93. The Kier molecular flexibility index (Phi) is 5.02. The molecule has 0 radical (unpaired) electrons. The first-order valence-corrected chi connectivity index (χ1v) is 9.51. The molecule has 0 aromatic carbocycles. The molecule has 1 unspecified atom stereocenters. The van der Waals surface area contributed by atoms with Gasteiger partial charge in [-0.3, -0.25) is 9.78 Å². The van der Waals surface area contributed by atoms with Crippen LogP contribution in [0.25, 0.3) is 11.4 Å². The Hall–Kier alpha value is -2.21. The smallest absolute Gasteiger partial charge is 0.228 e. The molecule has 2 aliphatic rings. The van der Waals surface area contributed by atoms with Gasteiger partial charge >= 0.3 is 0 Å². The summed E-state index contributed by atoms with van der Waals surface area (Å²) in [6, 6.07) is 4.00. The molecule has 6 nitrogen and oxygen atoms in total. The zero-order valence-corrected chi connectivity index (χ0v) is 15.3. The molecule has 0 N–H and O–H groups in total. The van der Waals surface area contributed by atoms with Crippen molar-refractivity contribution in [2.45, 2.75) is 32.7 Å². The van der Waals surface area contributed by atoms with Crippen molar-refractivity contribution >= 4 is 5.91 Å². The first kappa shape index (κ1) is 17.2. The second-order valence-corrected chi connectivity index (χ2v) is 7.40. The molecule has 0 spiro atoms. The van der Waals surface area contributed by atoms with Crippen LogP contribution in [0.5, 0.6) is 0 Å². The number of hydrogen-bond donors (Lipinski definition) is 0. The number of hydrogen-bond acceptors (Lipinski definition) is 4. The lowest BCUT2D eigenvalue weighted by atomic mass is 9.95.